The lowest BCUT2D eigenvalue weighted by molar-refractivity contribution is -0.0415. The van der Waals surface area contributed by atoms with Crippen LogP contribution >= 0.6 is 0 Å². The fraction of sp³-hybridized carbons (Fsp3) is 1.00. The van der Waals surface area contributed by atoms with Gasteiger partial charge in [0.25, 0.3) is 0 Å². The van der Waals surface area contributed by atoms with E-state index in [1.807, 2.05) is 6.92 Å². The maximum Gasteiger partial charge on any atom is 0.0900 e. The van der Waals surface area contributed by atoms with Crippen LogP contribution in [0.25, 0.3) is 0 Å². The molecule has 5 heteroatoms. The molecule has 3 N–H and O–H groups in total. The normalized spacial score (nSPS) is 26.8. The molecule has 1 aliphatic carbocycles. The van der Waals surface area contributed by atoms with E-state index in [1.54, 1.807) is 7.11 Å². The van der Waals surface area contributed by atoms with Gasteiger partial charge >= 0.3 is 0 Å². The van der Waals surface area contributed by atoms with Crippen LogP contribution in [0.4, 0.5) is 0 Å². The molecule has 4 unspecified atom stereocenters. The van der Waals surface area contributed by atoms with Crippen molar-refractivity contribution in [2.75, 3.05) is 40.5 Å². The fourth-order valence-corrected chi connectivity index (χ4v) is 2.95. The zero-order valence-electron chi connectivity index (χ0n) is 12.5. The van der Waals surface area contributed by atoms with E-state index in [-0.39, 0.29) is 6.10 Å². The molecule has 1 rings (SSSR count). The van der Waals surface area contributed by atoms with Crippen LogP contribution in [0.2, 0.25) is 0 Å². The monoisotopic (exact) mass is 274 g/mol. The van der Waals surface area contributed by atoms with E-state index in [0.717, 1.165) is 6.54 Å². The molecule has 0 aromatic carbocycles. The van der Waals surface area contributed by atoms with Crippen molar-refractivity contribution < 1.29 is 14.6 Å². The minimum absolute atomic E-state index is 0.0215. The van der Waals surface area contributed by atoms with E-state index in [0.29, 0.717) is 31.7 Å². The van der Waals surface area contributed by atoms with Crippen molar-refractivity contribution in [1.29, 1.82) is 0 Å². The van der Waals surface area contributed by atoms with E-state index in [4.69, 9.17) is 15.2 Å². The molecule has 0 spiro atoms. The fourth-order valence-electron chi connectivity index (χ4n) is 2.95. The van der Waals surface area contributed by atoms with Crippen LogP contribution in [0.3, 0.4) is 0 Å². The molecule has 0 bridgehead atoms. The average molecular weight is 274 g/mol. The summed E-state index contributed by atoms with van der Waals surface area (Å²) in [5.74, 6) is 0.575. The largest absolute Gasteiger partial charge is 0.389 e. The number of nitrogens with zero attached hydrogens (tertiary/aromatic N) is 1. The van der Waals surface area contributed by atoms with Crippen molar-refractivity contribution >= 4 is 0 Å². The van der Waals surface area contributed by atoms with Gasteiger partial charge in [0.15, 0.2) is 0 Å². The number of ether oxygens (including phenoxy) is 2. The highest BCUT2D eigenvalue weighted by atomic mass is 16.5. The van der Waals surface area contributed by atoms with Gasteiger partial charge in [0.1, 0.15) is 0 Å². The first-order chi connectivity index (χ1) is 9.08. The lowest BCUT2D eigenvalue weighted by Crippen LogP contribution is -2.43. The Balaban J connectivity index is 2.25. The lowest BCUT2D eigenvalue weighted by Gasteiger charge is -2.30. The number of rotatable bonds is 9. The summed E-state index contributed by atoms with van der Waals surface area (Å²) in [6.45, 7) is 4.24. The first kappa shape index (κ1) is 16.9. The Kier molecular flexibility index (Phi) is 7.87. The Morgan fingerprint density at radius 1 is 1.37 bits per heavy atom. The van der Waals surface area contributed by atoms with Crippen molar-refractivity contribution in [1.82, 2.24) is 4.90 Å². The maximum absolute atomic E-state index is 10.0. The summed E-state index contributed by atoms with van der Waals surface area (Å²) in [5, 5.41) is 10.0. The molecule has 0 saturated heterocycles. The number of nitrogens with two attached hydrogens (primary N) is 1. The topological polar surface area (TPSA) is 68.0 Å². The van der Waals surface area contributed by atoms with Gasteiger partial charge in [-0.2, -0.15) is 0 Å². The van der Waals surface area contributed by atoms with Crippen LogP contribution in [0.5, 0.6) is 0 Å². The quantitative estimate of drug-likeness (QED) is 0.639. The molecule has 1 saturated carbocycles. The van der Waals surface area contributed by atoms with Gasteiger partial charge in [-0.05, 0) is 39.3 Å². The summed E-state index contributed by atoms with van der Waals surface area (Å²) in [7, 11) is 3.72. The zero-order valence-corrected chi connectivity index (χ0v) is 12.5. The summed E-state index contributed by atoms with van der Waals surface area (Å²) in [4.78, 5) is 2.24. The molecular weight excluding hydrogens is 244 g/mol. The van der Waals surface area contributed by atoms with Crippen molar-refractivity contribution in [3.8, 4) is 0 Å². The molecule has 1 aliphatic rings. The number of likely N-dealkylation sites (N-methyl/N-ethyl adjacent to an activating group) is 1. The smallest absolute Gasteiger partial charge is 0.0900 e. The Bertz CT molecular complexity index is 241. The Hall–Kier alpha value is -0.200. The van der Waals surface area contributed by atoms with Gasteiger partial charge in [-0.3, -0.25) is 0 Å². The summed E-state index contributed by atoms with van der Waals surface area (Å²) in [6.07, 6.45) is 3.21. The highest BCUT2D eigenvalue weighted by Crippen LogP contribution is 2.28. The highest BCUT2D eigenvalue weighted by Gasteiger charge is 2.30. The molecular formula is C14H30N2O3. The summed E-state index contributed by atoms with van der Waals surface area (Å²) < 4.78 is 10.5. The molecule has 0 aliphatic heterocycles. The molecule has 5 nitrogen and oxygen atoms in total. The van der Waals surface area contributed by atoms with Crippen molar-refractivity contribution in [2.45, 2.75) is 44.4 Å². The number of hydrogen-bond acceptors (Lipinski definition) is 5. The van der Waals surface area contributed by atoms with Crippen LogP contribution in [-0.4, -0.2) is 68.7 Å². The third kappa shape index (κ3) is 5.75. The number of aliphatic hydroxyl groups excluding tert-OH is 1. The predicted octanol–water partition coefficient (Wildman–Crippen LogP) is 0.458. The molecule has 0 heterocycles. The van der Waals surface area contributed by atoms with Crippen LogP contribution in [0.1, 0.15) is 26.2 Å². The zero-order chi connectivity index (χ0) is 14.3. The second-order valence-corrected chi connectivity index (χ2v) is 5.69. The second-order valence-electron chi connectivity index (χ2n) is 5.69. The average Bonchev–Trinajstić information content (AvgIpc) is 2.85. The SMILES string of the molecule is COCC(C)OCC(O)CN(C)C1CCCC1CN. The van der Waals surface area contributed by atoms with Crippen molar-refractivity contribution in [2.24, 2.45) is 11.7 Å². The van der Waals surface area contributed by atoms with Crippen LogP contribution in [-0.2, 0) is 9.47 Å². The summed E-state index contributed by atoms with van der Waals surface area (Å²) >= 11 is 0. The van der Waals surface area contributed by atoms with Crippen LogP contribution in [0.15, 0.2) is 0 Å². The second kappa shape index (κ2) is 8.87. The minimum Gasteiger partial charge on any atom is -0.389 e. The number of aliphatic hydroxyl groups is 1. The van der Waals surface area contributed by atoms with E-state index in [2.05, 4.69) is 11.9 Å². The van der Waals surface area contributed by atoms with E-state index >= 15 is 0 Å². The first-order valence-corrected chi connectivity index (χ1v) is 7.27. The van der Waals surface area contributed by atoms with Crippen molar-refractivity contribution in [3.05, 3.63) is 0 Å². The van der Waals surface area contributed by atoms with Crippen molar-refractivity contribution in [3.63, 3.8) is 0 Å². The Morgan fingerprint density at radius 2 is 2.11 bits per heavy atom. The lowest BCUT2D eigenvalue weighted by atomic mass is 10.0. The third-order valence-corrected chi connectivity index (χ3v) is 3.96. The standard InChI is InChI=1S/C14H30N2O3/c1-11(9-18-3)19-10-13(17)8-16(2)14-6-4-5-12(14)7-15/h11-14,17H,4-10,15H2,1-3H3. The molecule has 0 aromatic rings. The van der Waals surface area contributed by atoms with E-state index in [9.17, 15) is 5.11 Å². The molecule has 19 heavy (non-hydrogen) atoms. The van der Waals surface area contributed by atoms with Gasteiger partial charge in [0, 0.05) is 19.7 Å². The van der Waals surface area contributed by atoms with E-state index < -0.39 is 6.10 Å². The van der Waals surface area contributed by atoms with Gasteiger partial charge in [0.2, 0.25) is 0 Å². The molecule has 0 radical (unpaired) electrons. The molecule has 0 amide bonds. The van der Waals surface area contributed by atoms with Gasteiger partial charge in [-0.25, -0.2) is 0 Å². The first-order valence-electron chi connectivity index (χ1n) is 7.27. The van der Waals surface area contributed by atoms with Crippen LogP contribution < -0.4 is 5.73 Å². The third-order valence-electron chi connectivity index (χ3n) is 3.96. The van der Waals surface area contributed by atoms with Gasteiger partial charge in [-0.1, -0.05) is 6.42 Å². The maximum atomic E-state index is 10.0. The van der Waals surface area contributed by atoms with Gasteiger partial charge in [-0.15, -0.1) is 0 Å². The Labute approximate surface area is 117 Å². The minimum atomic E-state index is -0.455. The van der Waals surface area contributed by atoms with Gasteiger partial charge < -0.3 is 25.2 Å². The summed E-state index contributed by atoms with van der Waals surface area (Å²) in [5.41, 5.74) is 5.80. The van der Waals surface area contributed by atoms with E-state index in [1.165, 1.54) is 19.3 Å². The number of methoxy groups -OCH3 is 1. The number of hydrogen-bond donors (Lipinski definition) is 2. The highest BCUT2D eigenvalue weighted by molar-refractivity contribution is 4.85. The molecule has 1 fully saturated rings. The van der Waals surface area contributed by atoms with Gasteiger partial charge in [0.05, 0.1) is 25.4 Å². The molecule has 114 valence electrons. The predicted molar refractivity (Wildman–Crippen MR) is 76.1 cm³/mol. The molecule has 0 aromatic heterocycles. The summed E-state index contributed by atoms with van der Waals surface area (Å²) in [6, 6.07) is 0.510. The Morgan fingerprint density at radius 3 is 2.74 bits per heavy atom. The van der Waals surface area contributed by atoms with Crippen LogP contribution in [0, 0.1) is 5.92 Å². The molecule has 4 atom stereocenters.